The number of fused-ring (bicyclic) bond motifs is 1. The zero-order chi connectivity index (χ0) is 12.2. The van der Waals surface area contributed by atoms with E-state index in [1.165, 1.54) is 5.39 Å². The first-order chi connectivity index (χ1) is 8.93. The van der Waals surface area contributed by atoms with E-state index in [9.17, 15) is 0 Å². The molecule has 0 unspecified atom stereocenters. The maximum atomic E-state index is 5.89. The molecule has 1 heterocycles. The summed E-state index contributed by atoms with van der Waals surface area (Å²) in [6.45, 7) is 0.582. The van der Waals surface area contributed by atoms with Gasteiger partial charge in [-0.15, -0.1) is 0 Å². The van der Waals surface area contributed by atoms with Gasteiger partial charge in [0.2, 0.25) is 0 Å². The van der Waals surface area contributed by atoms with Crippen molar-refractivity contribution in [3.63, 3.8) is 0 Å². The molecule has 0 spiro atoms. The van der Waals surface area contributed by atoms with Crippen molar-refractivity contribution in [3.05, 3.63) is 54.7 Å². The first-order valence-electron chi connectivity index (χ1n) is 6.24. The summed E-state index contributed by atoms with van der Waals surface area (Å²) >= 11 is 0. The van der Waals surface area contributed by atoms with Gasteiger partial charge in [-0.25, -0.2) is 0 Å². The van der Waals surface area contributed by atoms with E-state index in [2.05, 4.69) is 29.3 Å². The third kappa shape index (κ3) is 2.28. The summed E-state index contributed by atoms with van der Waals surface area (Å²) in [4.78, 5) is 4.34. The summed E-state index contributed by atoms with van der Waals surface area (Å²) in [6, 6.07) is 14.4. The summed E-state index contributed by atoms with van der Waals surface area (Å²) in [5.74, 6) is 0.936. The van der Waals surface area contributed by atoms with Crippen LogP contribution in [0.3, 0.4) is 0 Å². The lowest BCUT2D eigenvalue weighted by atomic mass is 10.1. The fraction of sp³-hybridized carbons (Fsp3) is 0.188. The van der Waals surface area contributed by atoms with Gasteiger partial charge in [0.25, 0.3) is 0 Å². The highest BCUT2D eigenvalue weighted by molar-refractivity contribution is 5.90. The lowest BCUT2D eigenvalue weighted by Gasteiger charge is -2.11. The predicted octanol–water partition coefficient (Wildman–Crippen LogP) is 3.97. The van der Waals surface area contributed by atoms with Crippen molar-refractivity contribution in [2.24, 2.45) is 4.99 Å². The van der Waals surface area contributed by atoms with Crippen molar-refractivity contribution >= 4 is 16.5 Å². The second-order valence-electron chi connectivity index (χ2n) is 4.38. The van der Waals surface area contributed by atoms with Crippen molar-refractivity contribution in [1.82, 2.24) is 0 Å². The smallest absolute Gasteiger partial charge is 0.127 e. The number of nitrogens with zero attached hydrogens (tertiary/aromatic N) is 1. The largest absolute Gasteiger partial charge is 0.487 e. The van der Waals surface area contributed by atoms with Crippen LogP contribution in [0.5, 0.6) is 5.75 Å². The van der Waals surface area contributed by atoms with Gasteiger partial charge in [-0.05, 0) is 24.3 Å². The molecule has 0 aliphatic carbocycles. The van der Waals surface area contributed by atoms with Crippen LogP contribution in [0.2, 0.25) is 0 Å². The fourth-order valence-electron chi connectivity index (χ4n) is 2.14. The van der Waals surface area contributed by atoms with Crippen LogP contribution in [-0.4, -0.2) is 12.3 Å². The van der Waals surface area contributed by atoms with Gasteiger partial charge < -0.3 is 4.74 Å². The highest BCUT2D eigenvalue weighted by Gasteiger charge is 2.05. The monoisotopic (exact) mass is 237 g/mol. The minimum Gasteiger partial charge on any atom is -0.487 e. The molecule has 2 aromatic rings. The molecule has 18 heavy (non-hydrogen) atoms. The average Bonchev–Trinajstić information content (AvgIpc) is 2.46. The maximum Gasteiger partial charge on any atom is 0.127 e. The van der Waals surface area contributed by atoms with Gasteiger partial charge in [-0.3, -0.25) is 4.99 Å². The zero-order valence-electron chi connectivity index (χ0n) is 10.2. The van der Waals surface area contributed by atoms with Crippen LogP contribution in [0.25, 0.3) is 10.8 Å². The molecule has 0 N–H and O–H groups in total. The van der Waals surface area contributed by atoms with E-state index in [0.29, 0.717) is 6.61 Å². The highest BCUT2D eigenvalue weighted by atomic mass is 16.5. The standard InChI is InChI=1S/C16H15NO/c1-2-9-15-13(6-1)7-5-10-16(15)18-12-14-8-3-4-11-17-14/h1-2,4-7,9-11H,3,8,12H2. The minimum atomic E-state index is 0.582. The second kappa shape index (κ2) is 5.05. The molecule has 0 atom stereocenters. The van der Waals surface area contributed by atoms with Crippen molar-refractivity contribution in [2.45, 2.75) is 12.8 Å². The minimum absolute atomic E-state index is 0.582. The Morgan fingerprint density at radius 1 is 1.06 bits per heavy atom. The number of ether oxygens (including phenoxy) is 1. The molecule has 1 aliphatic heterocycles. The van der Waals surface area contributed by atoms with E-state index in [-0.39, 0.29) is 0 Å². The Morgan fingerprint density at radius 3 is 2.83 bits per heavy atom. The van der Waals surface area contributed by atoms with Gasteiger partial charge in [0.15, 0.2) is 0 Å². The summed E-state index contributed by atoms with van der Waals surface area (Å²) in [5, 5.41) is 2.37. The molecular weight excluding hydrogens is 222 g/mol. The molecule has 1 aliphatic rings. The molecule has 0 aromatic heterocycles. The van der Waals surface area contributed by atoms with Crippen LogP contribution in [0, 0.1) is 0 Å². The van der Waals surface area contributed by atoms with Gasteiger partial charge in [0.05, 0.1) is 5.71 Å². The molecule has 0 saturated carbocycles. The molecule has 0 amide bonds. The Balaban J connectivity index is 1.82. The van der Waals surface area contributed by atoms with Crippen LogP contribution >= 0.6 is 0 Å². The first kappa shape index (κ1) is 11.0. The third-order valence-corrected chi connectivity index (χ3v) is 3.11. The van der Waals surface area contributed by atoms with Crippen LogP contribution < -0.4 is 4.74 Å². The Bertz CT molecular complexity index is 608. The Hall–Kier alpha value is -2.09. The van der Waals surface area contributed by atoms with E-state index in [4.69, 9.17) is 4.74 Å². The van der Waals surface area contributed by atoms with Gasteiger partial charge in [-0.2, -0.15) is 0 Å². The van der Waals surface area contributed by atoms with E-state index in [1.54, 1.807) is 0 Å². The summed E-state index contributed by atoms with van der Waals surface area (Å²) in [6.07, 6.45) is 6.02. The number of allylic oxidation sites excluding steroid dienone is 1. The molecule has 0 saturated heterocycles. The number of rotatable bonds is 3. The number of aliphatic imine (C=N–C) groups is 1. The van der Waals surface area contributed by atoms with E-state index in [1.807, 2.05) is 30.5 Å². The van der Waals surface area contributed by atoms with E-state index >= 15 is 0 Å². The molecule has 0 fully saturated rings. The zero-order valence-corrected chi connectivity index (χ0v) is 10.2. The van der Waals surface area contributed by atoms with Gasteiger partial charge in [0, 0.05) is 11.6 Å². The van der Waals surface area contributed by atoms with Crippen molar-refractivity contribution in [1.29, 1.82) is 0 Å². The molecule has 0 radical (unpaired) electrons. The summed E-state index contributed by atoms with van der Waals surface area (Å²) in [5.41, 5.74) is 1.12. The van der Waals surface area contributed by atoms with Gasteiger partial charge in [0.1, 0.15) is 12.4 Å². The molecule has 2 nitrogen and oxygen atoms in total. The Labute approximate surface area is 107 Å². The fourth-order valence-corrected chi connectivity index (χ4v) is 2.14. The number of benzene rings is 2. The molecule has 90 valence electrons. The molecule has 0 bridgehead atoms. The average molecular weight is 237 g/mol. The van der Waals surface area contributed by atoms with Gasteiger partial charge in [-0.1, -0.05) is 42.5 Å². The summed E-state index contributed by atoms with van der Waals surface area (Å²) < 4.78 is 5.89. The van der Waals surface area contributed by atoms with Crippen LogP contribution in [0.1, 0.15) is 12.8 Å². The van der Waals surface area contributed by atoms with E-state index < -0.39 is 0 Å². The van der Waals surface area contributed by atoms with Crippen molar-refractivity contribution in [3.8, 4) is 5.75 Å². The molecule has 2 aromatic carbocycles. The third-order valence-electron chi connectivity index (χ3n) is 3.11. The van der Waals surface area contributed by atoms with Crippen molar-refractivity contribution in [2.75, 3.05) is 6.61 Å². The van der Waals surface area contributed by atoms with Crippen molar-refractivity contribution < 1.29 is 4.74 Å². The normalized spacial score (nSPS) is 14.6. The van der Waals surface area contributed by atoms with Gasteiger partial charge >= 0.3 is 0 Å². The Morgan fingerprint density at radius 2 is 1.94 bits per heavy atom. The SMILES string of the molecule is C1=CN=C(COc2cccc3ccccc23)CC1. The van der Waals surface area contributed by atoms with E-state index in [0.717, 1.165) is 29.7 Å². The number of hydrogen-bond acceptors (Lipinski definition) is 2. The summed E-state index contributed by atoms with van der Waals surface area (Å²) in [7, 11) is 0. The first-order valence-corrected chi connectivity index (χ1v) is 6.24. The maximum absolute atomic E-state index is 5.89. The van der Waals surface area contributed by atoms with Crippen LogP contribution in [-0.2, 0) is 0 Å². The molecular formula is C16H15NO. The Kier molecular flexibility index (Phi) is 3.09. The predicted molar refractivity (Wildman–Crippen MR) is 75.3 cm³/mol. The molecule has 2 heteroatoms. The second-order valence-corrected chi connectivity index (χ2v) is 4.38. The highest BCUT2D eigenvalue weighted by Crippen LogP contribution is 2.25. The molecule has 3 rings (SSSR count). The quantitative estimate of drug-likeness (QED) is 0.791. The lowest BCUT2D eigenvalue weighted by Crippen LogP contribution is -2.12. The topological polar surface area (TPSA) is 21.6 Å². The number of hydrogen-bond donors (Lipinski definition) is 0. The van der Waals surface area contributed by atoms with Crippen LogP contribution in [0.15, 0.2) is 59.7 Å². The lowest BCUT2D eigenvalue weighted by molar-refractivity contribution is 0.378. The van der Waals surface area contributed by atoms with Crippen LogP contribution in [0.4, 0.5) is 0 Å².